The van der Waals surface area contributed by atoms with Crippen molar-refractivity contribution in [3.8, 4) is 11.1 Å². The van der Waals surface area contributed by atoms with Gasteiger partial charge < -0.3 is 19.9 Å². The molecule has 2 heterocycles. The number of nitrogens with zero attached hydrogens (tertiary/aromatic N) is 3. The monoisotopic (exact) mass is 477 g/mol. The van der Waals surface area contributed by atoms with Crippen molar-refractivity contribution >= 4 is 28.7 Å². The van der Waals surface area contributed by atoms with Crippen LogP contribution in [0.1, 0.15) is 49.2 Å². The first-order chi connectivity index (χ1) is 16.6. The second-order valence-corrected chi connectivity index (χ2v) is 10.1. The van der Waals surface area contributed by atoms with Crippen LogP contribution in [-0.4, -0.2) is 65.4 Å². The third kappa shape index (κ3) is 5.26. The summed E-state index contributed by atoms with van der Waals surface area (Å²) < 4.78 is 5.50. The van der Waals surface area contributed by atoms with Crippen molar-refractivity contribution in [2.45, 2.75) is 47.1 Å². The molecule has 8 heteroatoms. The molecule has 0 unspecified atom stereocenters. The summed E-state index contributed by atoms with van der Waals surface area (Å²) in [5.74, 6) is 0.826. The van der Waals surface area contributed by atoms with Crippen LogP contribution in [0.15, 0.2) is 30.3 Å². The highest BCUT2D eigenvalue weighted by atomic mass is 16.6. The first-order valence-corrected chi connectivity index (χ1v) is 12.2. The zero-order valence-electron chi connectivity index (χ0n) is 21.5. The van der Waals surface area contributed by atoms with Gasteiger partial charge in [0.1, 0.15) is 5.60 Å². The van der Waals surface area contributed by atoms with Gasteiger partial charge in [-0.15, -0.1) is 0 Å². The second kappa shape index (κ2) is 9.60. The zero-order valence-corrected chi connectivity index (χ0v) is 21.5. The Morgan fingerprint density at radius 1 is 1.09 bits per heavy atom. The third-order valence-corrected chi connectivity index (χ3v) is 6.35. The number of H-pyrrole nitrogens is 1. The molecule has 35 heavy (non-hydrogen) atoms. The predicted octanol–water partition coefficient (Wildman–Crippen LogP) is 4.65. The molecule has 1 aromatic heterocycles. The van der Waals surface area contributed by atoms with E-state index in [0.717, 1.165) is 39.0 Å². The van der Waals surface area contributed by atoms with Crippen LogP contribution in [0.25, 0.3) is 22.0 Å². The summed E-state index contributed by atoms with van der Waals surface area (Å²) in [5.41, 5.74) is 5.41. The number of carbonyl (C=O) groups is 2. The number of nitrogens with one attached hydrogen (secondary N) is 2. The van der Waals surface area contributed by atoms with Crippen LogP contribution in [-0.2, 0) is 4.74 Å². The molecule has 0 spiro atoms. The van der Waals surface area contributed by atoms with Crippen molar-refractivity contribution < 1.29 is 14.3 Å². The fraction of sp³-hybridized carbons (Fsp3) is 0.444. The Balaban J connectivity index is 1.55. The highest BCUT2D eigenvalue weighted by molar-refractivity contribution is 5.97. The Morgan fingerprint density at radius 2 is 1.80 bits per heavy atom. The molecule has 1 fully saturated rings. The van der Waals surface area contributed by atoms with Gasteiger partial charge in [0.25, 0.3) is 5.91 Å². The number of rotatable bonds is 4. The first-order valence-electron chi connectivity index (χ1n) is 12.2. The Morgan fingerprint density at radius 3 is 2.46 bits per heavy atom. The third-order valence-electron chi connectivity index (χ3n) is 6.35. The molecule has 2 amide bonds. The molecule has 4 rings (SSSR count). The summed E-state index contributed by atoms with van der Waals surface area (Å²) in [5, 5.41) is 11.7. The lowest BCUT2D eigenvalue weighted by atomic mass is 9.93. The number of hydrogen-bond donors (Lipinski definition) is 2. The summed E-state index contributed by atoms with van der Waals surface area (Å²) in [6.07, 6.45) is -0.269. The molecular weight excluding hydrogens is 442 g/mol. The van der Waals surface area contributed by atoms with Gasteiger partial charge >= 0.3 is 6.09 Å². The van der Waals surface area contributed by atoms with Crippen LogP contribution < -0.4 is 10.2 Å². The van der Waals surface area contributed by atoms with E-state index in [-0.39, 0.29) is 12.0 Å². The number of aromatic amines is 1. The summed E-state index contributed by atoms with van der Waals surface area (Å²) in [6, 6.07) is 10.2. The molecule has 8 nitrogen and oxygen atoms in total. The van der Waals surface area contributed by atoms with Gasteiger partial charge in [0.2, 0.25) is 0 Å². The van der Waals surface area contributed by atoms with E-state index in [2.05, 4.69) is 45.5 Å². The van der Waals surface area contributed by atoms with Gasteiger partial charge in [-0.3, -0.25) is 9.89 Å². The van der Waals surface area contributed by atoms with Crippen molar-refractivity contribution in [3.05, 3.63) is 47.0 Å². The first kappa shape index (κ1) is 24.6. The molecule has 0 atom stereocenters. The molecule has 0 radical (unpaired) electrons. The lowest BCUT2D eigenvalue weighted by Crippen LogP contribution is -2.50. The molecule has 1 saturated heterocycles. The number of hydrogen-bond acceptors (Lipinski definition) is 5. The Bertz CT molecular complexity index is 1250. The number of fused-ring (bicyclic) bond motifs is 1. The number of amides is 2. The molecule has 1 aliphatic heterocycles. The van der Waals surface area contributed by atoms with Gasteiger partial charge in [-0.2, -0.15) is 5.10 Å². The van der Waals surface area contributed by atoms with Crippen molar-refractivity contribution in [2.75, 3.05) is 37.6 Å². The molecule has 1 aliphatic rings. The number of aromatic nitrogens is 2. The van der Waals surface area contributed by atoms with E-state index >= 15 is 0 Å². The standard InChI is InChI=1S/C27H35N5O3/c1-7-28-25(33)20-14-17(2)18(3)22(15-20)19-8-9-21-23(16-19)29-30-24(21)31-10-12-32(13-11-31)26(34)35-27(4,5)6/h8-9,14-16H,7,10-13H2,1-6H3,(H,28,33)(H,29,30). The number of benzene rings is 2. The van der Waals surface area contributed by atoms with E-state index in [1.54, 1.807) is 4.90 Å². The number of piperazine rings is 1. The molecular formula is C27H35N5O3. The van der Waals surface area contributed by atoms with E-state index in [9.17, 15) is 9.59 Å². The molecule has 0 bridgehead atoms. The van der Waals surface area contributed by atoms with Crippen LogP contribution in [0.5, 0.6) is 0 Å². The van der Waals surface area contributed by atoms with Gasteiger partial charge in [0, 0.05) is 43.7 Å². The van der Waals surface area contributed by atoms with Gasteiger partial charge in [-0.25, -0.2) is 4.79 Å². The van der Waals surface area contributed by atoms with Crippen LogP contribution in [0.3, 0.4) is 0 Å². The molecule has 2 aromatic carbocycles. The fourth-order valence-electron chi connectivity index (χ4n) is 4.39. The highest BCUT2D eigenvalue weighted by Gasteiger charge is 2.27. The second-order valence-electron chi connectivity index (χ2n) is 10.1. The van der Waals surface area contributed by atoms with Gasteiger partial charge in [-0.1, -0.05) is 6.07 Å². The van der Waals surface area contributed by atoms with Crippen LogP contribution in [0, 0.1) is 13.8 Å². The van der Waals surface area contributed by atoms with Crippen LogP contribution in [0.2, 0.25) is 0 Å². The summed E-state index contributed by atoms with van der Waals surface area (Å²) in [4.78, 5) is 28.8. The predicted molar refractivity (Wildman–Crippen MR) is 139 cm³/mol. The maximum absolute atomic E-state index is 12.5. The molecule has 2 N–H and O–H groups in total. The number of ether oxygens (including phenoxy) is 1. The minimum atomic E-state index is -0.499. The Labute approximate surface area is 206 Å². The summed E-state index contributed by atoms with van der Waals surface area (Å²) in [6.45, 7) is 14.8. The van der Waals surface area contributed by atoms with Gasteiger partial charge in [0.05, 0.1) is 5.52 Å². The molecule has 0 saturated carbocycles. The maximum atomic E-state index is 12.5. The largest absolute Gasteiger partial charge is 0.444 e. The van der Waals surface area contributed by atoms with Crippen LogP contribution in [0.4, 0.5) is 10.6 Å². The van der Waals surface area contributed by atoms with E-state index < -0.39 is 5.60 Å². The summed E-state index contributed by atoms with van der Waals surface area (Å²) >= 11 is 0. The quantitative estimate of drug-likeness (QED) is 0.571. The molecule has 3 aromatic rings. The lowest BCUT2D eigenvalue weighted by Gasteiger charge is -2.35. The van der Waals surface area contributed by atoms with E-state index in [1.165, 1.54) is 0 Å². The van der Waals surface area contributed by atoms with Gasteiger partial charge in [-0.05, 0) is 88.1 Å². The fourth-order valence-corrected chi connectivity index (χ4v) is 4.39. The normalized spacial score (nSPS) is 14.3. The minimum Gasteiger partial charge on any atom is -0.444 e. The van der Waals surface area contributed by atoms with E-state index in [0.29, 0.717) is 38.3 Å². The average molecular weight is 478 g/mol. The maximum Gasteiger partial charge on any atom is 0.410 e. The number of carbonyl (C=O) groups excluding carboxylic acids is 2. The number of anilines is 1. The molecule has 186 valence electrons. The van der Waals surface area contributed by atoms with Crippen molar-refractivity contribution in [2.24, 2.45) is 0 Å². The lowest BCUT2D eigenvalue weighted by molar-refractivity contribution is 0.0240. The number of aryl methyl sites for hydroxylation is 1. The Kier molecular flexibility index (Phi) is 6.74. The molecule has 0 aliphatic carbocycles. The van der Waals surface area contributed by atoms with E-state index in [1.807, 2.05) is 46.8 Å². The van der Waals surface area contributed by atoms with Crippen molar-refractivity contribution in [1.82, 2.24) is 20.4 Å². The van der Waals surface area contributed by atoms with E-state index in [4.69, 9.17) is 4.74 Å². The minimum absolute atomic E-state index is 0.0627. The summed E-state index contributed by atoms with van der Waals surface area (Å²) in [7, 11) is 0. The topological polar surface area (TPSA) is 90.6 Å². The Hall–Kier alpha value is -3.55. The smallest absolute Gasteiger partial charge is 0.410 e. The zero-order chi connectivity index (χ0) is 25.3. The average Bonchev–Trinajstić information content (AvgIpc) is 3.23. The SMILES string of the molecule is CCNC(=O)c1cc(C)c(C)c(-c2ccc3c(N4CCN(C(=O)OC(C)(C)C)CC4)n[nH]c3c2)c1. The highest BCUT2D eigenvalue weighted by Crippen LogP contribution is 2.32. The van der Waals surface area contributed by atoms with Crippen molar-refractivity contribution in [3.63, 3.8) is 0 Å². The van der Waals surface area contributed by atoms with Crippen LogP contribution >= 0.6 is 0 Å². The van der Waals surface area contributed by atoms with Gasteiger partial charge in [0.15, 0.2) is 5.82 Å². The van der Waals surface area contributed by atoms with Crippen molar-refractivity contribution in [1.29, 1.82) is 0 Å².